The summed E-state index contributed by atoms with van der Waals surface area (Å²) in [5, 5.41) is 5.89. The fraction of sp³-hybridized carbons (Fsp3) is 0.444. The predicted octanol–water partition coefficient (Wildman–Crippen LogP) is 2.50. The van der Waals surface area contributed by atoms with Gasteiger partial charge >= 0.3 is 6.03 Å². The minimum Gasteiger partial charge on any atom is -0.318 e. The van der Waals surface area contributed by atoms with E-state index in [-0.39, 0.29) is 12.1 Å². The maximum Gasteiger partial charge on any atom is 0.323 e. The largest absolute Gasteiger partial charge is 0.323 e. The smallest absolute Gasteiger partial charge is 0.318 e. The van der Waals surface area contributed by atoms with Crippen molar-refractivity contribution in [2.45, 2.75) is 26.4 Å². The number of urea groups is 1. The number of nitrogens with zero attached hydrogens (tertiary/aromatic N) is 1. The van der Waals surface area contributed by atoms with E-state index >= 15 is 0 Å². The van der Waals surface area contributed by atoms with Crippen molar-refractivity contribution in [3.05, 3.63) is 17.0 Å². The second-order valence-corrected chi connectivity index (χ2v) is 4.34. The minimum absolute atomic E-state index is 0.0185. The first kappa shape index (κ1) is 8.56. The average molecular weight is 196 g/mol. The fourth-order valence-electron chi connectivity index (χ4n) is 1.41. The Morgan fingerprint density at radius 1 is 1.62 bits per heavy atom. The third kappa shape index (κ3) is 1.42. The molecule has 0 bridgehead atoms. The van der Waals surface area contributed by atoms with Crippen molar-refractivity contribution >= 4 is 22.4 Å². The molecular weight excluding hydrogens is 184 g/mol. The molecular formula is C9H12N2OS. The van der Waals surface area contributed by atoms with Gasteiger partial charge in [0.15, 0.2) is 0 Å². The van der Waals surface area contributed by atoms with E-state index in [0.717, 1.165) is 11.5 Å². The number of carbonyl (C=O) groups is 1. The van der Waals surface area contributed by atoms with Gasteiger partial charge in [0, 0.05) is 11.6 Å². The second-order valence-electron chi connectivity index (χ2n) is 3.43. The van der Waals surface area contributed by atoms with Crippen LogP contribution >= 0.6 is 11.3 Å². The number of hydrogen-bond acceptors (Lipinski definition) is 2. The van der Waals surface area contributed by atoms with Crippen LogP contribution in [-0.2, 0) is 6.54 Å². The lowest BCUT2D eigenvalue weighted by Gasteiger charge is -2.30. The van der Waals surface area contributed by atoms with E-state index in [1.165, 1.54) is 5.56 Å². The standard InChI is InChI=1S/C9H12N2OS/c1-6(2)11-5-7-3-4-13-8(7)10-9(11)12/h3-4,6H,5H2,1-2H3,(H,10,12). The summed E-state index contributed by atoms with van der Waals surface area (Å²) < 4.78 is 0. The number of anilines is 1. The van der Waals surface area contributed by atoms with Gasteiger partial charge in [-0.05, 0) is 25.3 Å². The third-order valence-corrected chi connectivity index (χ3v) is 3.06. The number of carbonyl (C=O) groups excluding carboxylic acids is 1. The molecule has 0 fully saturated rings. The normalized spacial score (nSPS) is 15.9. The van der Waals surface area contributed by atoms with Crippen LogP contribution in [0.5, 0.6) is 0 Å². The Labute approximate surface area is 81.4 Å². The third-order valence-electron chi connectivity index (χ3n) is 2.19. The van der Waals surface area contributed by atoms with Gasteiger partial charge in [0.1, 0.15) is 5.00 Å². The molecule has 0 unspecified atom stereocenters. The van der Waals surface area contributed by atoms with Crippen molar-refractivity contribution in [1.82, 2.24) is 4.90 Å². The van der Waals surface area contributed by atoms with Crippen molar-refractivity contribution in [3.63, 3.8) is 0 Å². The molecule has 0 aliphatic carbocycles. The molecule has 4 heteroatoms. The molecule has 1 aliphatic heterocycles. The molecule has 0 atom stereocenters. The molecule has 1 aromatic rings. The molecule has 1 N–H and O–H groups in total. The van der Waals surface area contributed by atoms with E-state index in [1.807, 2.05) is 24.1 Å². The summed E-state index contributed by atoms with van der Waals surface area (Å²) in [6.07, 6.45) is 0. The Morgan fingerprint density at radius 3 is 3.08 bits per heavy atom. The zero-order valence-corrected chi connectivity index (χ0v) is 8.52. The van der Waals surface area contributed by atoms with Crippen molar-refractivity contribution in [2.24, 2.45) is 0 Å². The highest BCUT2D eigenvalue weighted by atomic mass is 32.1. The molecule has 2 rings (SSSR count). The van der Waals surface area contributed by atoms with Crippen molar-refractivity contribution < 1.29 is 4.79 Å². The van der Waals surface area contributed by atoms with Crippen molar-refractivity contribution in [3.8, 4) is 0 Å². The van der Waals surface area contributed by atoms with Crippen LogP contribution in [-0.4, -0.2) is 17.0 Å². The quantitative estimate of drug-likeness (QED) is 0.735. The van der Waals surface area contributed by atoms with E-state index in [2.05, 4.69) is 11.4 Å². The molecule has 1 aliphatic rings. The first-order valence-electron chi connectivity index (χ1n) is 4.32. The summed E-state index contributed by atoms with van der Waals surface area (Å²) in [5.41, 5.74) is 1.22. The van der Waals surface area contributed by atoms with Crippen molar-refractivity contribution in [1.29, 1.82) is 0 Å². The SMILES string of the molecule is CC(C)N1Cc2ccsc2NC1=O. The van der Waals surface area contributed by atoms with Gasteiger partial charge in [-0.2, -0.15) is 0 Å². The Hall–Kier alpha value is -1.03. The van der Waals surface area contributed by atoms with Gasteiger partial charge in [0.05, 0.1) is 6.54 Å². The van der Waals surface area contributed by atoms with Crippen LogP contribution in [0.3, 0.4) is 0 Å². The fourth-order valence-corrected chi connectivity index (χ4v) is 2.21. The average Bonchev–Trinajstić information content (AvgIpc) is 2.48. The summed E-state index contributed by atoms with van der Waals surface area (Å²) >= 11 is 1.58. The molecule has 0 saturated heterocycles. The molecule has 0 radical (unpaired) electrons. The molecule has 1 aromatic heterocycles. The molecule has 0 saturated carbocycles. The summed E-state index contributed by atoms with van der Waals surface area (Å²) in [5.74, 6) is 0. The monoisotopic (exact) mass is 196 g/mol. The number of amides is 2. The lowest BCUT2D eigenvalue weighted by Crippen LogP contribution is -2.42. The minimum atomic E-state index is 0.0185. The predicted molar refractivity (Wildman–Crippen MR) is 54.0 cm³/mol. The zero-order valence-electron chi connectivity index (χ0n) is 7.70. The molecule has 0 aromatic carbocycles. The molecule has 2 heterocycles. The highest BCUT2D eigenvalue weighted by molar-refractivity contribution is 7.14. The Kier molecular flexibility index (Phi) is 2.00. The summed E-state index contributed by atoms with van der Waals surface area (Å²) in [4.78, 5) is 13.3. The van der Waals surface area contributed by atoms with Gasteiger partial charge in [-0.15, -0.1) is 11.3 Å². The number of hydrogen-bond donors (Lipinski definition) is 1. The summed E-state index contributed by atoms with van der Waals surface area (Å²) in [7, 11) is 0. The van der Waals surface area contributed by atoms with Crippen LogP contribution in [0.4, 0.5) is 9.80 Å². The molecule has 0 spiro atoms. The van der Waals surface area contributed by atoms with Gasteiger partial charge < -0.3 is 4.90 Å². The molecule has 3 nitrogen and oxygen atoms in total. The Balaban J connectivity index is 2.27. The summed E-state index contributed by atoms with van der Waals surface area (Å²) in [6, 6.07) is 2.34. The highest BCUT2D eigenvalue weighted by Gasteiger charge is 2.24. The van der Waals surface area contributed by atoms with Gasteiger partial charge in [0.25, 0.3) is 0 Å². The highest BCUT2D eigenvalue weighted by Crippen LogP contribution is 2.29. The topological polar surface area (TPSA) is 32.3 Å². The maximum absolute atomic E-state index is 11.5. The number of fused-ring (bicyclic) bond motifs is 1. The van der Waals surface area contributed by atoms with Crippen LogP contribution in [0.25, 0.3) is 0 Å². The van der Waals surface area contributed by atoms with E-state index in [4.69, 9.17) is 0 Å². The van der Waals surface area contributed by atoms with Gasteiger partial charge in [0.2, 0.25) is 0 Å². The maximum atomic E-state index is 11.5. The van der Waals surface area contributed by atoms with Gasteiger partial charge in [-0.3, -0.25) is 5.32 Å². The first-order valence-corrected chi connectivity index (χ1v) is 5.20. The molecule has 70 valence electrons. The lowest BCUT2D eigenvalue weighted by molar-refractivity contribution is 0.191. The van der Waals surface area contributed by atoms with E-state index in [9.17, 15) is 4.79 Å². The van der Waals surface area contributed by atoms with Crippen LogP contribution in [0.1, 0.15) is 19.4 Å². The van der Waals surface area contributed by atoms with Crippen molar-refractivity contribution in [2.75, 3.05) is 5.32 Å². The van der Waals surface area contributed by atoms with Gasteiger partial charge in [-0.25, -0.2) is 4.79 Å². The molecule has 13 heavy (non-hydrogen) atoms. The van der Waals surface area contributed by atoms with Gasteiger partial charge in [-0.1, -0.05) is 0 Å². The van der Waals surface area contributed by atoms with E-state index in [0.29, 0.717) is 0 Å². The zero-order chi connectivity index (χ0) is 9.42. The second kappa shape index (κ2) is 3.03. The van der Waals surface area contributed by atoms with Crippen LogP contribution < -0.4 is 5.32 Å². The lowest BCUT2D eigenvalue weighted by atomic mass is 10.2. The number of rotatable bonds is 1. The number of thiophene rings is 1. The molecule has 2 amide bonds. The van der Waals surface area contributed by atoms with Crippen LogP contribution in [0.15, 0.2) is 11.4 Å². The van der Waals surface area contributed by atoms with Crippen LogP contribution in [0, 0.1) is 0 Å². The van der Waals surface area contributed by atoms with E-state index < -0.39 is 0 Å². The first-order chi connectivity index (χ1) is 6.18. The summed E-state index contributed by atoms with van der Waals surface area (Å²) in [6.45, 7) is 4.79. The number of nitrogens with one attached hydrogen (secondary N) is 1. The van der Waals surface area contributed by atoms with E-state index in [1.54, 1.807) is 11.3 Å². The van der Waals surface area contributed by atoms with Crippen LogP contribution in [0.2, 0.25) is 0 Å². The Morgan fingerprint density at radius 2 is 2.38 bits per heavy atom. The Bertz CT molecular complexity index is 332.